The van der Waals surface area contributed by atoms with Crippen LogP contribution in [0.1, 0.15) is 37.2 Å². The average molecular weight is 319 g/mol. The van der Waals surface area contributed by atoms with E-state index in [0.29, 0.717) is 11.8 Å². The summed E-state index contributed by atoms with van der Waals surface area (Å²) in [7, 11) is 0. The molecular formula is C17H21NO3S. The number of nitrogens with one attached hydrogen (secondary N) is 1. The molecule has 118 valence electrons. The van der Waals surface area contributed by atoms with Crippen molar-refractivity contribution in [2.24, 2.45) is 5.92 Å². The average Bonchev–Trinajstić information content (AvgIpc) is 2.87. The highest BCUT2D eigenvalue weighted by Gasteiger charge is 2.30. The molecule has 0 spiro atoms. The Bertz CT molecular complexity index is 674. The van der Waals surface area contributed by atoms with Crippen LogP contribution in [-0.4, -0.2) is 24.2 Å². The molecule has 3 rings (SSSR count). The van der Waals surface area contributed by atoms with Gasteiger partial charge in [-0.05, 0) is 30.5 Å². The van der Waals surface area contributed by atoms with Crippen LogP contribution < -0.4 is 9.46 Å². The minimum atomic E-state index is -0.0628. The molecule has 0 saturated heterocycles. The summed E-state index contributed by atoms with van der Waals surface area (Å²) < 4.78 is 14.9. The molecule has 1 aromatic carbocycles. The third kappa shape index (κ3) is 3.15. The minimum Gasteiger partial charge on any atom is -0.490 e. The molecule has 2 aromatic rings. The topological polar surface area (TPSA) is 51.5 Å². The number of rotatable bonds is 6. The zero-order valence-corrected chi connectivity index (χ0v) is 13.9. The molecule has 1 aliphatic carbocycles. The maximum absolute atomic E-state index is 12.0. The van der Waals surface area contributed by atoms with Crippen LogP contribution in [0.2, 0.25) is 0 Å². The monoisotopic (exact) mass is 319 g/mol. The van der Waals surface area contributed by atoms with E-state index in [4.69, 9.17) is 9.15 Å². The molecule has 1 aromatic heterocycles. The molecule has 0 amide bonds. The van der Waals surface area contributed by atoms with E-state index >= 15 is 0 Å². The first-order valence-electron chi connectivity index (χ1n) is 7.59. The maximum Gasteiger partial charge on any atom is 0.200 e. The van der Waals surface area contributed by atoms with Gasteiger partial charge < -0.3 is 9.15 Å². The fraction of sp³-hybridized carbons (Fsp3) is 0.471. The summed E-state index contributed by atoms with van der Waals surface area (Å²) in [5.74, 6) is 1.23. The minimum absolute atomic E-state index is 0.0312. The molecule has 0 unspecified atom stereocenters. The summed E-state index contributed by atoms with van der Waals surface area (Å²) >= 11 is 1.65. The number of benzene rings is 1. The van der Waals surface area contributed by atoms with Gasteiger partial charge in [-0.25, -0.2) is 0 Å². The van der Waals surface area contributed by atoms with Gasteiger partial charge in [0, 0.05) is 30.2 Å². The third-order valence-electron chi connectivity index (χ3n) is 3.94. The lowest BCUT2D eigenvalue weighted by Gasteiger charge is -2.35. The van der Waals surface area contributed by atoms with E-state index < -0.39 is 0 Å². The van der Waals surface area contributed by atoms with Gasteiger partial charge in [-0.3, -0.25) is 9.52 Å². The van der Waals surface area contributed by atoms with Gasteiger partial charge in [-0.15, -0.1) is 0 Å². The number of ether oxygens (including phenoxy) is 1. The van der Waals surface area contributed by atoms with Gasteiger partial charge in [0.05, 0.1) is 0 Å². The predicted octanol–water partition coefficient (Wildman–Crippen LogP) is 4.05. The summed E-state index contributed by atoms with van der Waals surface area (Å²) in [6.07, 6.45) is 4.37. The van der Waals surface area contributed by atoms with Gasteiger partial charge in [0.1, 0.15) is 17.4 Å². The van der Waals surface area contributed by atoms with Gasteiger partial charge in [0.25, 0.3) is 0 Å². The van der Waals surface area contributed by atoms with E-state index in [9.17, 15) is 4.79 Å². The van der Waals surface area contributed by atoms with Crippen molar-refractivity contribution in [3.63, 3.8) is 0 Å². The van der Waals surface area contributed by atoms with Crippen molar-refractivity contribution in [1.29, 1.82) is 0 Å². The zero-order valence-electron chi connectivity index (χ0n) is 13.1. The van der Waals surface area contributed by atoms with Crippen molar-refractivity contribution in [1.82, 2.24) is 4.72 Å². The van der Waals surface area contributed by atoms with Crippen LogP contribution in [0.4, 0.5) is 0 Å². The van der Waals surface area contributed by atoms with Crippen LogP contribution in [0, 0.1) is 5.92 Å². The van der Waals surface area contributed by atoms with E-state index in [0.717, 1.165) is 29.6 Å². The molecule has 5 heteroatoms. The summed E-state index contributed by atoms with van der Waals surface area (Å²) in [5.41, 5.74) is 0.729. The van der Waals surface area contributed by atoms with Crippen LogP contribution in [0.15, 0.2) is 28.7 Å². The number of carbonyl (C=O) groups excluding carboxylic acids is 1. The van der Waals surface area contributed by atoms with Crippen molar-refractivity contribution in [2.45, 2.75) is 38.8 Å². The third-order valence-corrected chi connectivity index (χ3v) is 4.51. The summed E-state index contributed by atoms with van der Waals surface area (Å²) in [6.45, 7) is 3.75. The van der Waals surface area contributed by atoms with E-state index in [1.807, 2.05) is 44.4 Å². The van der Waals surface area contributed by atoms with Crippen molar-refractivity contribution >= 4 is 28.7 Å². The van der Waals surface area contributed by atoms with Crippen LogP contribution in [0.25, 0.3) is 11.0 Å². The number of carbonyl (C=O) groups is 1. The summed E-state index contributed by atoms with van der Waals surface area (Å²) in [5, 5.41) is 0.916. The van der Waals surface area contributed by atoms with Crippen LogP contribution in [-0.2, 0) is 0 Å². The number of fused-ring (bicyclic) bond motifs is 1. The van der Waals surface area contributed by atoms with Gasteiger partial charge >= 0.3 is 0 Å². The highest BCUT2D eigenvalue weighted by atomic mass is 32.2. The number of hydrogen-bond donors (Lipinski definition) is 1. The van der Waals surface area contributed by atoms with Crippen LogP contribution in [0.3, 0.4) is 0 Å². The van der Waals surface area contributed by atoms with Crippen molar-refractivity contribution in [3.05, 3.63) is 30.0 Å². The predicted molar refractivity (Wildman–Crippen MR) is 89.5 cm³/mol. The van der Waals surface area contributed by atoms with E-state index in [1.165, 1.54) is 0 Å². The first-order chi connectivity index (χ1) is 10.6. The van der Waals surface area contributed by atoms with Gasteiger partial charge in [0.15, 0.2) is 5.76 Å². The molecule has 0 bridgehead atoms. The Morgan fingerprint density at radius 2 is 2.14 bits per heavy atom. The largest absolute Gasteiger partial charge is 0.490 e. The fourth-order valence-electron chi connectivity index (χ4n) is 2.62. The quantitative estimate of drug-likeness (QED) is 0.643. The highest BCUT2D eigenvalue weighted by molar-refractivity contribution is 7.96. The Morgan fingerprint density at radius 1 is 1.36 bits per heavy atom. The highest BCUT2D eigenvalue weighted by Crippen LogP contribution is 2.30. The number of ketones is 1. The van der Waals surface area contributed by atoms with E-state index in [1.54, 1.807) is 11.9 Å². The number of hydrogen-bond acceptors (Lipinski definition) is 5. The van der Waals surface area contributed by atoms with E-state index in [2.05, 4.69) is 4.72 Å². The van der Waals surface area contributed by atoms with Gasteiger partial charge in [0.2, 0.25) is 5.78 Å². The summed E-state index contributed by atoms with van der Waals surface area (Å²) in [4.78, 5) is 12.0. The Kier molecular flexibility index (Phi) is 4.45. The lowest BCUT2D eigenvalue weighted by Crippen LogP contribution is -2.44. The Balaban J connectivity index is 1.69. The first kappa shape index (κ1) is 15.4. The van der Waals surface area contributed by atoms with Gasteiger partial charge in [-0.1, -0.05) is 25.8 Å². The SMILES string of the molecule is CSNC1CC(Oc2ccc3oc(C(=O)C(C)C)cc3c2)C1. The molecule has 0 atom stereocenters. The van der Waals surface area contributed by atoms with Crippen LogP contribution in [0.5, 0.6) is 5.75 Å². The Labute approximate surface area is 134 Å². The normalized spacial score (nSPS) is 21.1. The molecule has 1 saturated carbocycles. The Hall–Kier alpha value is -1.46. The lowest BCUT2D eigenvalue weighted by atomic mass is 9.90. The molecule has 4 nitrogen and oxygen atoms in total. The standard InChI is InChI=1S/C17H21NO3S/c1-10(2)17(19)16-7-11-6-13(4-5-15(11)21-16)20-14-8-12(9-14)18-22-3/h4-7,10,12,14,18H,8-9H2,1-3H3. The first-order valence-corrected chi connectivity index (χ1v) is 8.82. The Morgan fingerprint density at radius 3 is 2.82 bits per heavy atom. The second-order valence-electron chi connectivity index (χ2n) is 6.06. The second kappa shape index (κ2) is 6.34. The van der Waals surface area contributed by atoms with Gasteiger partial charge in [-0.2, -0.15) is 0 Å². The molecule has 1 aliphatic rings. The van der Waals surface area contributed by atoms with Crippen LogP contribution >= 0.6 is 11.9 Å². The maximum atomic E-state index is 12.0. The smallest absolute Gasteiger partial charge is 0.200 e. The lowest BCUT2D eigenvalue weighted by molar-refractivity contribution is 0.0913. The van der Waals surface area contributed by atoms with E-state index in [-0.39, 0.29) is 17.8 Å². The summed E-state index contributed by atoms with van der Waals surface area (Å²) in [6, 6.07) is 8.09. The molecular weight excluding hydrogens is 298 g/mol. The van der Waals surface area contributed by atoms with Crippen molar-refractivity contribution in [2.75, 3.05) is 6.26 Å². The molecule has 1 heterocycles. The zero-order chi connectivity index (χ0) is 15.7. The fourth-order valence-corrected chi connectivity index (χ4v) is 3.14. The molecule has 1 fully saturated rings. The molecule has 1 N–H and O–H groups in total. The molecule has 22 heavy (non-hydrogen) atoms. The second-order valence-corrected chi connectivity index (χ2v) is 6.70. The number of furan rings is 1. The van der Waals surface area contributed by atoms with Crippen molar-refractivity contribution < 1.29 is 13.9 Å². The number of Topliss-reactive ketones (excluding diaryl/α,β-unsaturated/α-hetero) is 1. The van der Waals surface area contributed by atoms with Crippen molar-refractivity contribution in [3.8, 4) is 5.75 Å². The molecule has 0 aliphatic heterocycles. The molecule has 0 radical (unpaired) electrons.